The maximum Gasteiger partial charge on any atom is 0.416 e. The van der Waals surface area contributed by atoms with Crippen molar-refractivity contribution in [1.29, 1.82) is 0 Å². The summed E-state index contributed by atoms with van der Waals surface area (Å²) in [6.07, 6.45) is -4.43. The van der Waals surface area contributed by atoms with Gasteiger partial charge in [-0.25, -0.2) is 9.97 Å². The first-order valence-corrected chi connectivity index (χ1v) is 10.6. The Hall–Kier alpha value is -3.99. The zero-order chi connectivity index (χ0) is 25.8. The molecule has 0 bridgehead atoms. The summed E-state index contributed by atoms with van der Waals surface area (Å²) in [7, 11) is 0. The molecule has 0 aliphatic rings. The van der Waals surface area contributed by atoms with E-state index < -0.39 is 29.6 Å². The number of ether oxygens (including phenoxy) is 1. The monoisotopic (exact) mass is 487 g/mol. The standard InChI is InChI=1S/C24H24F3N5O3/c1-13(2)20(22(29)34)30-12-16-11-19(21(28)33)32-23(31-16)14-3-7-17(8-4-14)35-18-9-5-15(6-10-18)24(25,26)27/h3-11,13,20,30H,12H2,1-2H3,(H2,28,33)(H2,29,34)/t20-/m0/s1. The summed E-state index contributed by atoms with van der Waals surface area (Å²) < 4.78 is 43.7. The summed E-state index contributed by atoms with van der Waals surface area (Å²) in [5.74, 6) is -0.468. The van der Waals surface area contributed by atoms with E-state index in [4.69, 9.17) is 16.2 Å². The summed E-state index contributed by atoms with van der Waals surface area (Å²) in [5.41, 5.74) is 11.0. The number of nitrogens with one attached hydrogen (secondary N) is 1. The fraction of sp³-hybridized carbons (Fsp3) is 0.250. The fourth-order valence-corrected chi connectivity index (χ4v) is 3.24. The number of hydrogen-bond donors (Lipinski definition) is 3. The Balaban J connectivity index is 1.79. The molecule has 0 aliphatic heterocycles. The van der Waals surface area contributed by atoms with E-state index >= 15 is 0 Å². The smallest absolute Gasteiger partial charge is 0.416 e. The number of rotatable bonds is 9. The van der Waals surface area contributed by atoms with Crippen molar-refractivity contribution in [2.24, 2.45) is 17.4 Å². The van der Waals surface area contributed by atoms with Crippen molar-refractivity contribution in [3.63, 3.8) is 0 Å². The van der Waals surface area contributed by atoms with Crippen molar-refractivity contribution in [3.8, 4) is 22.9 Å². The molecule has 11 heteroatoms. The number of carbonyl (C=O) groups is 2. The van der Waals surface area contributed by atoms with Crippen LogP contribution in [0.1, 0.15) is 35.6 Å². The zero-order valence-electron chi connectivity index (χ0n) is 19.0. The van der Waals surface area contributed by atoms with Gasteiger partial charge in [-0.1, -0.05) is 13.8 Å². The lowest BCUT2D eigenvalue weighted by Gasteiger charge is -2.19. The van der Waals surface area contributed by atoms with Crippen LogP contribution in [0.4, 0.5) is 13.2 Å². The Bertz CT molecular complexity index is 1200. The predicted octanol–water partition coefficient (Wildman–Crippen LogP) is 3.65. The average Bonchev–Trinajstić information content (AvgIpc) is 2.79. The second kappa shape index (κ2) is 10.5. The van der Waals surface area contributed by atoms with Crippen LogP contribution >= 0.6 is 0 Å². The molecule has 0 saturated carbocycles. The second-order valence-corrected chi connectivity index (χ2v) is 8.09. The number of primary amides is 2. The minimum Gasteiger partial charge on any atom is -0.457 e. The molecule has 0 spiro atoms. The summed E-state index contributed by atoms with van der Waals surface area (Å²) in [6.45, 7) is 3.84. The van der Waals surface area contributed by atoms with Gasteiger partial charge in [0.2, 0.25) is 5.91 Å². The maximum absolute atomic E-state index is 12.7. The van der Waals surface area contributed by atoms with Gasteiger partial charge in [0, 0.05) is 12.1 Å². The second-order valence-electron chi connectivity index (χ2n) is 8.09. The minimum absolute atomic E-state index is 0.00273. The molecule has 35 heavy (non-hydrogen) atoms. The first-order valence-electron chi connectivity index (χ1n) is 10.6. The van der Waals surface area contributed by atoms with Crippen molar-refractivity contribution >= 4 is 11.8 Å². The van der Waals surface area contributed by atoms with E-state index in [0.717, 1.165) is 12.1 Å². The van der Waals surface area contributed by atoms with Crippen LogP contribution in [0.25, 0.3) is 11.4 Å². The van der Waals surface area contributed by atoms with E-state index in [2.05, 4.69) is 15.3 Å². The van der Waals surface area contributed by atoms with E-state index in [1.54, 1.807) is 24.3 Å². The Morgan fingerprint density at radius 2 is 1.54 bits per heavy atom. The molecule has 2 aromatic carbocycles. The van der Waals surface area contributed by atoms with E-state index in [0.29, 0.717) is 17.0 Å². The minimum atomic E-state index is -4.43. The quantitative estimate of drug-likeness (QED) is 0.422. The number of nitrogens with two attached hydrogens (primary N) is 2. The Morgan fingerprint density at radius 1 is 0.971 bits per heavy atom. The van der Waals surface area contributed by atoms with Crippen molar-refractivity contribution in [1.82, 2.24) is 15.3 Å². The van der Waals surface area contributed by atoms with E-state index in [9.17, 15) is 22.8 Å². The van der Waals surface area contributed by atoms with Crippen LogP contribution in [-0.4, -0.2) is 27.8 Å². The van der Waals surface area contributed by atoms with Gasteiger partial charge in [0.1, 0.15) is 17.2 Å². The van der Waals surface area contributed by atoms with E-state index in [1.807, 2.05) is 13.8 Å². The van der Waals surface area contributed by atoms with Crippen LogP contribution in [0.5, 0.6) is 11.5 Å². The van der Waals surface area contributed by atoms with Crippen LogP contribution in [0, 0.1) is 5.92 Å². The van der Waals surface area contributed by atoms with Crippen molar-refractivity contribution in [3.05, 3.63) is 71.5 Å². The Labute approximate surface area is 199 Å². The summed E-state index contributed by atoms with van der Waals surface area (Å²) >= 11 is 0. The van der Waals surface area contributed by atoms with Gasteiger partial charge in [-0.3, -0.25) is 14.9 Å². The van der Waals surface area contributed by atoms with Gasteiger partial charge in [-0.2, -0.15) is 13.2 Å². The Kier molecular flexibility index (Phi) is 7.70. The number of aromatic nitrogens is 2. The third-order valence-electron chi connectivity index (χ3n) is 5.04. The van der Waals surface area contributed by atoms with Gasteiger partial charge in [0.05, 0.1) is 17.3 Å². The predicted molar refractivity (Wildman–Crippen MR) is 122 cm³/mol. The van der Waals surface area contributed by atoms with Gasteiger partial charge >= 0.3 is 6.18 Å². The molecule has 0 saturated heterocycles. The van der Waals surface area contributed by atoms with Gasteiger partial charge in [0.25, 0.3) is 5.91 Å². The highest BCUT2D eigenvalue weighted by molar-refractivity contribution is 5.91. The topological polar surface area (TPSA) is 133 Å². The molecule has 2 amide bonds. The molecule has 0 aliphatic carbocycles. The molecule has 0 radical (unpaired) electrons. The van der Waals surface area contributed by atoms with Crippen molar-refractivity contribution in [2.45, 2.75) is 32.6 Å². The van der Waals surface area contributed by atoms with Crippen LogP contribution in [0.15, 0.2) is 54.6 Å². The maximum atomic E-state index is 12.7. The lowest BCUT2D eigenvalue weighted by atomic mass is 10.0. The van der Waals surface area contributed by atoms with Crippen LogP contribution in [-0.2, 0) is 17.5 Å². The highest BCUT2D eigenvalue weighted by Crippen LogP contribution is 2.31. The lowest BCUT2D eigenvalue weighted by Crippen LogP contribution is -2.44. The molecule has 5 N–H and O–H groups in total. The van der Waals surface area contributed by atoms with Gasteiger partial charge < -0.3 is 16.2 Å². The van der Waals surface area contributed by atoms with E-state index in [1.165, 1.54) is 18.2 Å². The van der Waals surface area contributed by atoms with Crippen LogP contribution in [0.2, 0.25) is 0 Å². The SMILES string of the molecule is CC(C)[C@H](NCc1cc(C(N)=O)nc(-c2ccc(Oc3ccc(C(F)(F)F)cc3)cc2)n1)C(N)=O. The molecule has 1 atom stereocenters. The largest absolute Gasteiger partial charge is 0.457 e. The molecule has 1 aromatic heterocycles. The molecule has 1 heterocycles. The Morgan fingerprint density at radius 3 is 2.03 bits per heavy atom. The number of alkyl halides is 3. The van der Waals surface area contributed by atoms with Crippen LogP contribution in [0.3, 0.4) is 0 Å². The molecule has 3 rings (SSSR count). The highest BCUT2D eigenvalue weighted by atomic mass is 19.4. The highest BCUT2D eigenvalue weighted by Gasteiger charge is 2.30. The first kappa shape index (κ1) is 25.6. The summed E-state index contributed by atoms with van der Waals surface area (Å²) in [6, 6.07) is 11.6. The molecule has 0 unspecified atom stereocenters. The number of carbonyl (C=O) groups excluding carboxylic acids is 2. The zero-order valence-corrected chi connectivity index (χ0v) is 19.0. The third kappa shape index (κ3) is 6.76. The number of nitrogens with zero attached hydrogens (tertiary/aromatic N) is 2. The summed E-state index contributed by atoms with van der Waals surface area (Å²) in [5, 5.41) is 3.02. The van der Waals surface area contributed by atoms with Crippen molar-refractivity contribution < 1.29 is 27.5 Å². The molecular formula is C24H24F3N5O3. The third-order valence-corrected chi connectivity index (χ3v) is 5.04. The van der Waals surface area contributed by atoms with Crippen molar-refractivity contribution in [2.75, 3.05) is 0 Å². The molecule has 8 nitrogen and oxygen atoms in total. The number of halogens is 3. The van der Waals surface area contributed by atoms with Gasteiger partial charge in [0.15, 0.2) is 5.82 Å². The van der Waals surface area contributed by atoms with Gasteiger partial charge in [-0.15, -0.1) is 0 Å². The number of hydrogen-bond acceptors (Lipinski definition) is 6. The molecule has 0 fully saturated rings. The average molecular weight is 487 g/mol. The molecule has 184 valence electrons. The van der Waals surface area contributed by atoms with Crippen LogP contribution < -0.4 is 21.5 Å². The van der Waals surface area contributed by atoms with Gasteiger partial charge in [-0.05, 0) is 60.5 Å². The fourth-order valence-electron chi connectivity index (χ4n) is 3.24. The first-order chi connectivity index (χ1) is 16.4. The lowest BCUT2D eigenvalue weighted by molar-refractivity contribution is -0.137. The number of benzene rings is 2. The molecule has 3 aromatic rings. The summed E-state index contributed by atoms with van der Waals surface area (Å²) in [4.78, 5) is 32.1. The normalized spacial score (nSPS) is 12.4. The van der Waals surface area contributed by atoms with E-state index in [-0.39, 0.29) is 29.7 Å². The number of amides is 2. The molecular weight excluding hydrogens is 463 g/mol.